The van der Waals surface area contributed by atoms with E-state index in [0.29, 0.717) is 5.69 Å². The Balaban J connectivity index is 1.54. The van der Waals surface area contributed by atoms with Gasteiger partial charge < -0.3 is 0 Å². The average Bonchev–Trinajstić information content (AvgIpc) is 3.31. The average molecular weight is 416 g/mol. The standard InChI is InChI=1S/C22H16N4O5/c27-21-18-19(14-5-4-12-23-13-14)25(16-6-2-1-3-7-16)31-20(18)22(28)24(21)15-8-10-17(11-9-15)26(29)30/h1-13,18-20H/t18-,19+,20+/m0/s1. The summed E-state index contributed by atoms with van der Waals surface area (Å²) in [4.78, 5) is 48.2. The van der Waals surface area contributed by atoms with Gasteiger partial charge >= 0.3 is 0 Å². The van der Waals surface area contributed by atoms with E-state index in [1.54, 1.807) is 23.5 Å². The van der Waals surface area contributed by atoms with Crippen LogP contribution in [0.25, 0.3) is 0 Å². The number of nitro groups is 1. The smallest absolute Gasteiger partial charge is 0.269 e. The summed E-state index contributed by atoms with van der Waals surface area (Å²) < 4.78 is 0. The van der Waals surface area contributed by atoms with Crippen LogP contribution in [0.15, 0.2) is 79.1 Å². The fraction of sp³-hybridized carbons (Fsp3) is 0.136. The van der Waals surface area contributed by atoms with Gasteiger partial charge in [-0.3, -0.25) is 29.5 Å². The Morgan fingerprint density at radius 1 is 0.903 bits per heavy atom. The van der Waals surface area contributed by atoms with E-state index in [4.69, 9.17) is 4.84 Å². The zero-order valence-corrected chi connectivity index (χ0v) is 16.1. The molecule has 0 unspecified atom stereocenters. The number of pyridine rings is 1. The van der Waals surface area contributed by atoms with Gasteiger partial charge in [0.05, 0.1) is 22.3 Å². The fourth-order valence-corrected chi connectivity index (χ4v) is 4.08. The minimum atomic E-state index is -1.01. The molecule has 0 N–H and O–H groups in total. The largest absolute Gasteiger partial charge is 0.273 e. The number of amides is 2. The SMILES string of the molecule is O=C1[C@H]2[C@@H](c3cccnc3)N(c3ccccc3)O[C@H]2C(=O)N1c1ccc([N+](=O)[O-])cc1. The predicted octanol–water partition coefficient (Wildman–Crippen LogP) is 3.04. The van der Waals surface area contributed by atoms with Crippen molar-refractivity contribution in [3.05, 3.63) is 94.8 Å². The molecule has 0 bridgehead atoms. The first-order valence-electron chi connectivity index (χ1n) is 9.59. The molecule has 0 spiro atoms. The molecule has 9 heteroatoms. The first kappa shape index (κ1) is 18.9. The van der Waals surface area contributed by atoms with Crippen LogP contribution in [0.3, 0.4) is 0 Å². The number of non-ortho nitro benzene ring substituents is 1. The molecule has 2 fully saturated rings. The van der Waals surface area contributed by atoms with Crippen molar-refractivity contribution in [3.63, 3.8) is 0 Å². The summed E-state index contributed by atoms with van der Waals surface area (Å²) in [5.74, 6) is -1.71. The highest BCUT2D eigenvalue weighted by atomic mass is 16.7. The Bertz CT molecular complexity index is 1150. The highest BCUT2D eigenvalue weighted by Crippen LogP contribution is 2.47. The molecule has 9 nitrogen and oxygen atoms in total. The molecule has 0 saturated carbocycles. The van der Waals surface area contributed by atoms with Gasteiger partial charge in [-0.15, -0.1) is 0 Å². The molecule has 0 radical (unpaired) electrons. The van der Waals surface area contributed by atoms with Gasteiger partial charge in [0.25, 0.3) is 11.6 Å². The van der Waals surface area contributed by atoms with E-state index in [0.717, 1.165) is 10.5 Å². The zero-order chi connectivity index (χ0) is 21.5. The molecule has 154 valence electrons. The number of benzene rings is 2. The maximum absolute atomic E-state index is 13.4. The highest BCUT2D eigenvalue weighted by Gasteiger charge is 2.60. The van der Waals surface area contributed by atoms with Gasteiger partial charge in [-0.1, -0.05) is 24.3 Å². The van der Waals surface area contributed by atoms with Crippen LogP contribution >= 0.6 is 0 Å². The number of hydrogen-bond donors (Lipinski definition) is 0. The van der Waals surface area contributed by atoms with E-state index in [-0.39, 0.29) is 11.4 Å². The molecule has 2 aromatic carbocycles. The normalized spacial score (nSPS) is 22.6. The first-order chi connectivity index (χ1) is 15.1. The molecule has 3 aromatic rings. The van der Waals surface area contributed by atoms with Crippen LogP contribution in [0.2, 0.25) is 0 Å². The third-order valence-electron chi connectivity index (χ3n) is 5.47. The number of fused-ring (bicyclic) bond motifs is 1. The Hall–Kier alpha value is -4.11. The molecule has 2 aliphatic heterocycles. The Kier molecular flexibility index (Phi) is 4.45. The van der Waals surface area contributed by atoms with Crippen molar-refractivity contribution in [1.82, 2.24) is 4.98 Å². The summed E-state index contributed by atoms with van der Waals surface area (Å²) in [5.41, 5.74) is 1.61. The Morgan fingerprint density at radius 3 is 2.29 bits per heavy atom. The van der Waals surface area contributed by atoms with Crippen LogP contribution in [0.5, 0.6) is 0 Å². The second-order valence-electron chi connectivity index (χ2n) is 7.23. The molecule has 1 aromatic heterocycles. The van der Waals surface area contributed by atoms with E-state index in [1.165, 1.54) is 24.3 Å². The zero-order valence-electron chi connectivity index (χ0n) is 16.1. The van der Waals surface area contributed by atoms with Crippen LogP contribution in [0.1, 0.15) is 11.6 Å². The lowest BCUT2D eigenvalue weighted by Gasteiger charge is -2.28. The van der Waals surface area contributed by atoms with Crippen LogP contribution in [0, 0.1) is 16.0 Å². The van der Waals surface area contributed by atoms with Crippen LogP contribution in [0.4, 0.5) is 17.1 Å². The number of nitrogens with zero attached hydrogens (tertiary/aromatic N) is 4. The summed E-state index contributed by atoms with van der Waals surface area (Å²) >= 11 is 0. The number of carbonyl (C=O) groups is 2. The molecule has 3 atom stereocenters. The van der Waals surface area contributed by atoms with Crippen molar-refractivity contribution < 1.29 is 19.3 Å². The molecule has 2 amide bonds. The summed E-state index contributed by atoms with van der Waals surface area (Å²) in [6.45, 7) is 0. The van der Waals surface area contributed by atoms with Gasteiger partial charge in [0.2, 0.25) is 5.91 Å². The number of imide groups is 1. The lowest BCUT2D eigenvalue weighted by molar-refractivity contribution is -0.384. The summed E-state index contributed by atoms with van der Waals surface area (Å²) in [5, 5.41) is 12.5. The summed E-state index contributed by atoms with van der Waals surface area (Å²) in [6.07, 6.45) is 2.28. The number of hydroxylamine groups is 1. The van der Waals surface area contributed by atoms with Crippen molar-refractivity contribution >= 4 is 28.9 Å². The van der Waals surface area contributed by atoms with Crippen LogP contribution in [-0.2, 0) is 14.4 Å². The van der Waals surface area contributed by atoms with Crippen molar-refractivity contribution in [2.75, 3.05) is 9.96 Å². The van der Waals surface area contributed by atoms with Gasteiger partial charge in [0.15, 0.2) is 6.10 Å². The second-order valence-corrected chi connectivity index (χ2v) is 7.23. The van der Waals surface area contributed by atoms with Gasteiger partial charge in [-0.2, -0.15) is 0 Å². The first-order valence-corrected chi connectivity index (χ1v) is 9.59. The fourth-order valence-electron chi connectivity index (χ4n) is 4.08. The van der Waals surface area contributed by atoms with Crippen LogP contribution < -0.4 is 9.96 Å². The molecule has 2 saturated heterocycles. The molecule has 31 heavy (non-hydrogen) atoms. The van der Waals surface area contributed by atoms with Gasteiger partial charge in [0.1, 0.15) is 5.92 Å². The number of anilines is 2. The van der Waals surface area contributed by atoms with Gasteiger partial charge in [0, 0.05) is 24.5 Å². The molecular formula is C22H16N4O5. The lowest BCUT2D eigenvalue weighted by atomic mass is 9.91. The van der Waals surface area contributed by atoms with Crippen molar-refractivity contribution in [1.29, 1.82) is 0 Å². The van der Waals surface area contributed by atoms with Crippen molar-refractivity contribution in [2.45, 2.75) is 12.1 Å². The van der Waals surface area contributed by atoms with Gasteiger partial charge in [-0.05, 0) is 35.9 Å². The quantitative estimate of drug-likeness (QED) is 0.366. The topological polar surface area (TPSA) is 106 Å². The molecule has 5 rings (SSSR count). The van der Waals surface area contributed by atoms with Gasteiger partial charge in [-0.25, -0.2) is 9.96 Å². The Labute approximate surface area is 176 Å². The van der Waals surface area contributed by atoms with E-state index in [1.807, 2.05) is 36.4 Å². The van der Waals surface area contributed by atoms with E-state index in [9.17, 15) is 19.7 Å². The molecule has 2 aliphatic rings. The number of para-hydroxylation sites is 1. The highest BCUT2D eigenvalue weighted by molar-refractivity contribution is 6.23. The minimum Gasteiger partial charge on any atom is -0.273 e. The second kappa shape index (κ2) is 7.29. The number of hydrogen-bond acceptors (Lipinski definition) is 7. The van der Waals surface area contributed by atoms with E-state index < -0.39 is 34.8 Å². The Morgan fingerprint density at radius 2 is 1.65 bits per heavy atom. The third kappa shape index (κ3) is 3.03. The lowest BCUT2D eigenvalue weighted by Crippen LogP contribution is -2.37. The minimum absolute atomic E-state index is 0.122. The number of nitro benzene ring substituents is 1. The summed E-state index contributed by atoms with van der Waals surface area (Å²) in [7, 11) is 0. The van der Waals surface area contributed by atoms with Crippen molar-refractivity contribution in [2.24, 2.45) is 5.92 Å². The van der Waals surface area contributed by atoms with E-state index in [2.05, 4.69) is 4.98 Å². The maximum Gasteiger partial charge on any atom is 0.269 e. The van der Waals surface area contributed by atoms with Crippen molar-refractivity contribution in [3.8, 4) is 0 Å². The maximum atomic E-state index is 13.4. The molecule has 0 aliphatic carbocycles. The number of carbonyl (C=O) groups excluding carboxylic acids is 2. The number of rotatable bonds is 4. The third-order valence-corrected chi connectivity index (χ3v) is 5.47. The molecular weight excluding hydrogens is 400 g/mol. The summed E-state index contributed by atoms with van der Waals surface area (Å²) in [6, 6.07) is 17.6. The molecule has 3 heterocycles. The van der Waals surface area contributed by atoms with E-state index >= 15 is 0 Å². The monoisotopic (exact) mass is 416 g/mol. The predicted molar refractivity (Wildman–Crippen MR) is 110 cm³/mol. The van der Waals surface area contributed by atoms with Crippen LogP contribution in [-0.4, -0.2) is 27.8 Å². The number of aromatic nitrogens is 1.